The molecule has 0 bridgehead atoms. The Morgan fingerprint density at radius 2 is 1.76 bits per heavy atom. The molecule has 1 atom stereocenters. The van der Waals surface area contributed by atoms with Gasteiger partial charge in [0.15, 0.2) is 0 Å². The number of aromatic nitrogens is 3. The lowest BCUT2D eigenvalue weighted by Crippen LogP contribution is -2.20. The zero-order valence-corrected chi connectivity index (χ0v) is 16.2. The second kappa shape index (κ2) is 6.51. The third-order valence-electron chi connectivity index (χ3n) is 4.31. The molecule has 1 unspecified atom stereocenters. The number of anilines is 2. The average molecular weight is 443 g/mol. The summed E-state index contributed by atoms with van der Waals surface area (Å²) in [5.74, 6) is 0.762. The number of nitrogens with zero attached hydrogens (tertiary/aromatic N) is 4. The van der Waals surface area contributed by atoms with Gasteiger partial charge in [0, 0.05) is 29.0 Å². The number of benzene rings is 2. The highest BCUT2D eigenvalue weighted by atomic mass is 127. The molecule has 1 N–H and O–H groups in total. The highest BCUT2D eigenvalue weighted by molar-refractivity contribution is 14.1. The molecule has 3 aromatic rings. The van der Waals surface area contributed by atoms with E-state index in [1.165, 1.54) is 14.8 Å². The van der Waals surface area contributed by atoms with Gasteiger partial charge in [-0.15, -0.1) is 0 Å². The van der Waals surface area contributed by atoms with Crippen LogP contribution in [0.5, 0.6) is 0 Å². The fourth-order valence-electron chi connectivity index (χ4n) is 2.94. The molecule has 2 heterocycles. The summed E-state index contributed by atoms with van der Waals surface area (Å²) in [7, 11) is 4.09. The van der Waals surface area contributed by atoms with Crippen molar-refractivity contribution in [1.82, 2.24) is 14.8 Å². The quantitative estimate of drug-likeness (QED) is 0.622. The van der Waals surface area contributed by atoms with E-state index in [1.54, 1.807) is 6.33 Å². The fourth-order valence-corrected chi connectivity index (χ4v) is 3.30. The highest BCUT2D eigenvalue weighted by Gasteiger charge is 2.23. The van der Waals surface area contributed by atoms with Gasteiger partial charge in [0.2, 0.25) is 5.95 Å². The maximum Gasteiger partial charge on any atom is 0.226 e. The first-order valence-electron chi connectivity index (χ1n) is 8.03. The maximum atomic E-state index is 4.40. The predicted molar refractivity (Wildman–Crippen MR) is 110 cm³/mol. The van der Waals surface area contributed by atoms with Crippen LogP contribution in [0.4, 0.5) is 11.6 Å². The Bertz CT molecular complexity index is 910. The number of fused-ring (bicyclic) bond motifs is 1. The summed E-state index contributed by atoms with van der Waals surface area (Å²) in [4.78, 5) is 6.46. The van der Waals surface area contributed by atoms with Gasteiger partial charge in [-0.05, 0) is 64.1 Å². The summed E-state index contributed by atoms with van der Waals surface area (Å²) < 4.78 is 3.14. The van der Waals surface area contributed by atoms with Crippen molar-refractivity contribution in [3.63, 3.8) is 0 Å². The first kappa shape index (κ1) is 16.1. The van der Waals surface area contributed by atoms with Gasteiger partial charge in [0.25, 0.3) is 0 Å². The molecule has 0 fully saturated rings. The van der Waals surface area contributed by atoms with E-state index in [4.69, 9.17) is 0 Å². The van der Waals surface area contributed by atoms with Gasteiger partial charge in [-0.2, -0.15) is 10.1 Å². The molecule has 5 nitrogen and oxygen atoms in total. The number of halogens is 1. The van der Waals surface area contributed by atoms with E-state index in [0.717, 1.165) is 17.2 Å². The minimum Gasteiger partial charge on any atom is -0.378 e. The number of nitrogens with one attached hydrogen (secondary N) is 1. The van der Waals surface area contributed by atoms with Gasteiger partial charge >= 0.3 is 0 Å². The van der Waals surface area contributed by atoms with Crippen LogP contribution < -0.4 is 10.2 Å². The minimum absolute atomic E-state index is 0.0178. The molecular formula is C19H18IN5. The van der Waals surface area contributed by atoms with E-state index in [0.29, 0.717) is 0 Å². The van der Waals surface area contributed by atoms with E-state index in [2.05, 4.69) is 97.5 Å². The Balaban J connectivity index is 1.75. The number of hydrogen-bond donors (Lipinski definition) is 1. The summed E-state index contributed by atoms with van der Waals surface area (Å²) in [5.41, 5.74) is 4.56. The average Bonchev–Trinajstić information content (AvgIpc) is 3.10. The Kier molecular flexibility index (Phi) is 4.20. The van der Waals surface area contributed by atoms with Crippen molar-refractivity contribution in [2.24, 2.45) is 0 Å². The van der Waals surface area contributed by atoms with Crippen LogP contribution in [0.2, 0.25) is 0 Å². The molecule has 0 saturated heterocycles. The lowest BCUT2D eigenvalue weighted by Gasteiger charge is -2.25. The Morgan fingerprint density at radius 1 is 1.04 bits per heavy atom. The third kappa shape index (κ3) is 3.13. The molecule has 0 saturated carbocycles. The van der Waals surface area contributed by atoms with Gasteiger partial charge in [0.1, 0.15) is 12.4 Å². The molecule has 6 heteroatoms. The van der Waals surface area contributed by atoms with Gasteiger partial charge in [-0.25, -0.2) is 4.68 Å². The van der Waals surface area contributed by atoms with Crippen molar-refractivity contribution in [1.29, 1.82) is 0 Å². The molecule has 4 rings (SSSR count). The third-order valence-corrected chi connectivity index (χ3v) is 5.03. The summed E-state index contributed by atoms with van der Waals surface area (Å²) in [6, 6.07) is 17.1. The Hall–Kier alpha value is -2.35. The van der Waals surface area contributed by atoms with Crippen LogP contribution >= 0.6 is 22.6 Å². The molecular weight excluding hydrogens is 425 g/mol. The van der Waals surface area contributed by atoms with Crippen LogP contribution in [0.3, 0.4) is 0 Å². The van der Waals surface area contributed by atoms with Crippen LogP contribution in [0.1, 0.15) is 17.2 Å². The summed E-state index contributed by atoms with van der Waals surface area (Å²) in [6.07, 6.45) is 3.79. The first-order valence-corrected chi connectivity index (χ1v) is 9.11. The SMILES string of the molecule is CN(C)c1ccc(C2C=C(c3ccc(I)cc3)Nc3ncnn32)cc1. The van der Waals surface area contributed by atoms with Crippen LogP contribution in [0.15, 0.2) is 60.9 Å². The lowest BCUT2D eigenvalue weighted by molar-refractivity contribution is 0.612. The summed E-state index contributed by atoms with van der Waals surface area (Å²) in [6.45, 7) is 0. The van der Waals surface area contributed by atoms with E-state index in [9.17, 15) is 0 Å². The second-order valence-corrected chi connectivity index (χ2v) is 7.42. The van der Waals surface area contributed by atoms with Crippen molar-refractivity contribution in [2.45, 2.75) is 6.04 Å². The van der Waals surface area contributed by atoms with Crippen LogP contribution in [0.25, 0.3) is 5.70 Å². The predicted octanol–water partition coefficient (Wildman–Crippen LogP) is 4.00. The molecule has 0 radical (unpaired) electrons. The van der Waals surface area contributed by atoms with E-state index >= 15 is 0 Å². The lowest BCUT2D eigenvalue weighted by atomic mass is 10.0. The molecule has 0 aliphatic carbocycles. The minimum atomic E-state index is 0.0178. The molecule has 25 heavy (non-hydrogen) atoms. The molecule has 0 amide bonds. The summed E-state index contributed by atoms with van der Waals surface area (Å²) in [5, 5.41) is 7.78. The van der Waals surface area contributed by atoms with E-state index < -0.39 is 0 Å². The Labute approximate surface area is 160 Å². The van der Waals surface area contributed by atoms with Crippen molar-refractivity contribution in [2.75, 3.05) is 24.3 Å². The standard InChI is InChI=1S/C19H18IN5/c1-24(2)16-9-5-14(6-10-16)18-11-17(13-3-7-15(20)8-4-13)23-19-21-12-22-25(18)19/h3-12,18H,1-2H3,(H,21,22,23). The molecule has 2 aromatic carbocycles. The van der Waals surface area contributed by atoms with Gasteiger partial charge in [-0.1, -0.05) is 24.3 Å². The van der Waals surface area contributed by atoms with E-state index in [-0.39, 0.29) is 6.04 Å². The largest absolute Gasteiger partial charge is 0.378 e. The molecule has 1 aromatic heterocycles. The van der Waals surface area contributed by atoms with Crippen molar-refractivity contribution < 1.29 is 0 Å². The smallest absolute Gasteiger partial charge is 0.226 e. The topological polar surface area (TPSA) is 46.0 Å². The number of rotatable bonds is 3. The molecule has 126 valence electrons. The normalized spacial score (nSPS) is 16.0. The fraction of sp³-hybridized carbons (Fsp3) is 0.158. The number of hydrogen-bond acceptors (Lipinski definition) is 4. The Morgan fingerprint density at radius 3 is 2.44 bits per heavy atom. The van der Waals surface area contributed by atoms with Crippen molar-refractivity contribution in [3.05, 3.63) is 75.6 Å². The highest BCUT2D eigenvalue weighted by Crippen LogP contribution is 2.32. The molecule has 1 aliphatic heterocycles. The van der Waals surface area contributed by atoms with Crippen molar-refractivity contribution in [3.8, 4) is 0 Å². The summed E-state index contributed by atoms with van der Waals surface area (Å²) >= 11 is 2.32. The van der Waals surface area contributed by atoms with E-state index in [1.807, 2.05) is 18.8 Å². The zero-order chi connectivity index (χ0) is 17.4. The van der Waals surface area contributed by atoms with Gasteiger partial charge in [-0.3, -0.25) is 0 Å². The zero-order valence-electron chi connectivity index (χ0n) is 14.0. The van der Waals surface area contributed by atoms with Crippen LogP contribution in [-0.4, -0.2) is 28.9 Å². The monoisotopic (exact) mass is 443 g/mol. The number of allylic oxidation sites excluding steroid dienone is 1. The van der Waals surface area contributed by atoms with Crippen LogP contribution in [-0.2, 0) is 0 Å². The van der Waals surface area contributed by atoms with Gasteiger partial charge < -0.3 is 10.2 Å². The van der Waals surface area contributed by atoms with Crippen LogP contribution in [0, 0.1) is 3.57 Å². The van der Waals surface area contributed by atoms with Crippen molar-refractivity contribution >= 4 is 39.9 Å². The maximum absolute atomic E-state index is 4.40. The second-order valence-electron chi connectivity index (χ2n) is 6.17. The molecule has 0 spiro atoms. The first-order chi connectivity index (χ1) is 12.1. The molecule has 1 aliphatic rings. The van der Waals surface area contributed by atoms with Gasteiger partial charge in [0.05, 0.1) is 0 Å².